The molecule has 1 heterocycles. The van der Waals surface area contributed by atoms with Crippen molar-refractivity contribution in [3.8, 4) is 0 Å². The molecule has 0 spiro atoms. The van der Waals surface area contributed by atoms with E-state index in [1.54, 1.807) is 6.92 Å². The van der Waals surface area contributed by atoms with Crippen LogP contribution in [0.5, 0.6) is 0 Å². The highest BCUT2D eigenvalue weighted by Gasteiger charge is 2.47. The van der Waals surface area contributed by atoms with Crippen LogP contribution in [0.25, 0.3) is 5.76 Å². The second-order valence-electron chi connectivity index (χ2n) is 6.23. The van der Waals surface area contributed by atoms with E-state index in [1.165, 1.54) is 13.0 Å². The molecular weight excluding hydrogens is 384 g/mol. The quantitative estimate of drug-likeness (QED) is 0.236. The zero-order valence-corrected chi connectivity index (χ0v) is 15.8. The van der Waals surface area contributed by atoms with Crippen LogP contribution in [0.3, 0.4) is 0 Å². The van der Waals surface area contributed by atoms with Crippen LogP contribution in [0.15, 0.2) is 17.7 Å². The lowest BCUT2D eigenvalue weighted by atomic mass is 9.97. The molecule has 29 heavy (non-hydrogen) atoms. The van der Waals surface area contributed by atoms with Crippen LogP contribution in [-0.2, 0) is 28.6 Å². The molecule has 0 saturated heterocycles. The van der Waals surface area contributed by atoms with Crippen molar-refractivity contribution in [1.29, 1.82) is 0 Å². The highest BCUT2D eigenvalue weighted by molar-refractivity contribution is 6.35. The van der Waals surface area contributed by atoms with Crippen LogP contribution >= 0.6 is 0 Å². The highest BCUT2D eigenvalue weighted by atomic mass is 16.6. The third-order valence-electron chi connectivity index (χ3n) is 4.45. The van der Waals surface area contributed by atoms with Gasteiger partial charge in [-0.3, -0.25) is 19.2 Å². The summed E-state index contributed by atoms with van der Waals surface area (Å²) in [6.07, 6.45) is 0. The predicted molar refractivity (Wildman–Crippen MR) is 94.9 cm³/mol. The van der Waals surface area contributed by atoms with E-state index >= 15 is 0 Å². The topological polar surface area (TPSA) is 130 Å². The third-order valence-corrected chi connectivity index (χ3v) is 4.45. The number of fused-ring (bicyclic) bond motifs is 2. The lowest BCUT2D eigenvalue weighted by Crippen LogP contribution is -2.27. The van der Waals surface area contributed by atoms with Crippen LogP contribution in [0.2, 0.25) is 0 Å². The van der Waals surface area contributed by atoms with Crippen LogP contribution < -0.4 is 0 Å². The molecule has 0 N–H and O–H groups in total. The molecule has 2 aliphatic rings. The molecule has 0 saturated carbocycles. The molecule has 0 aromatic heterocycles. The van der Waals surface area contributed by atoms with Crippen molar-refractivity contribution in [1.82, 2.24) is 0 Å². The number of ketones is 3. The minimum Gasteiger partial charge on any atom is -0.465 e. The Kier molecular flexibility index (Phi) is 5.15. The van der Waals surface area contributed by atoms with E-state index in [0.717, 1.165) is 13.0 Å². The van der Waals surface area contributed by atoms with Crippen molar-refractivity contribution >= 4 is 41.0 Å². The maximum atomic E-state index is 12.6. The van der Waals surface area contributed by atoms with Gasteiger partial charge >= 0.3 is 17.9 Å². The summed E-state index contributed by atoms with van der Waals surface area (Å²) in [7, 11) is 0. The number of carbonyl (C=O) groups is 6. The molecule has 0 bridgehead atoms. The van der Waals surface area contributed by atoms with Gasteiger partial charge in [0, 0.05) is 16.7 Å². The first-order chi connectivity index (χ1) is 13.7. The Hall–Kier alpha value is -3.62. The summed E-state index contributed by atoms with van der Waals surface area (Å²) in [5.41, 5.74) is -0.831. The summed E-state index contributed by atoms with van der Waals surface area (Å²) in [5, 5.41) is 0. The fourth-order valence-electron chi connectivity index (χ4n) is 3.22. The van der Waals surface area contributed by atoms with Gasteiger partial charge in [-0.25, -0.2) is 9.59 Å². The van der Waals surface area contributed by atoms with Crippen LogP contribution in [0.1, 0.15) is 57.4 Å². The molecule has 150 valence electrons. The van der Waals surface area contributed by atoms with Gasteiger partial charge in [-0.05, 0) is 32.9 Å². The number of benzene rings is 1. The molecule has 1 atom stereocenters. The molecule has 0 fully saturated rings. The number of hydrogen-bond acceptors (Lipinski definition) is 9. The number of Topliss-reactive ketones (excluding diaryl/α,β-unsaturated/α-hetero) is 3. The van der Waals surface area contributed by atoms with Gasteiger partial charge in [0.2, 0.25) is 0 Å². The third kappa shape index (κ3) is 3.14. The van der Waals surface area contributed by atoms with E-state index in [4.69, 9.17) is 14.2 Å². The Morgan fingerprint density at radius 3 is 1.97 bits per heavy atom. The summed E-state index contributed by atoms with van der Waals surface area (Å²) < 4.78 is 14.7. The minimum atomic E-state index is -1.65. The first kappa shape index (κ1) is 20.1. The molecule has 0 radical (unpaired) electrons. The van der Waals surface area contributed by atoms with Gasteiger partial charge in [0.05, 0.1) is 18.8 Å². The van der Waals surface area contributed by atoms with E-state index in [1.807, 2.05) is 0 Å². The summed E-state index contributed by atoms with van der Waals surface area (Å²) in [6, 6.07) is 2.30. The molecule has 1 unspecified atom stereocenters. The lowest BCUT2D eigenvalue weighted by molar-refractivity contribution is -0.144. The first-order valence-corrected chi connectivity index (χ1v) is 8.80. The van der Waals surface area contributed by atoms with Gasteiger partial charge < -0.3 is 14.2 Å². The van der Waals surface area contributed by atoms with Crippen molar-refractivity contribution in [2.45, 2.75) is 20.8 Å². The van der Waals surface area contributed by atoms with Crippen molar-refractivity contribution in [2.75, 3.05) is 13.2 Å². The van der Waals surface area contributed by atoms with E-state index in [-0.39, 0.29) is 41.2 Å². The maximum absolute atomic E-state index is 12.6. The zero-order valence-electron chi connectivity index (χ0n) is 15.8. The van der Waals surface area contributed by atoms with E-state index < -0.39 is 46.7 Å². The second-order valence-corrected chi connectivity index (χ2v) is 6.23. The molecule has 9 heteroatoms. The molecule has 1 aliphatic carbocycles. The van der Waals surface area contributed by atoms with Crippen LogP contribution in [0.4, 0.5) is 0 Å². The predicted octanol–water partition coefficient (Wildman–Crippen LogP) is 1.28. The van der Waals surface area contributed by atoms with Crippen molar-refractivity contribution in [3.63, 3.8) is 0 Å². The molecule has 1 aliphatic heterocycles. The Labute approximate surface area is 164 Å². The number of ether oxygens (including phenoxy) is 3. The fourth-order valence-corrected chi connectivity index (χ4v) is 3.22. The second kappa shape index (κ2) is 7.42. The van der Waals surface area contributed by atoms with Crippen molar-refractivity contribution in [2.24, 2.45) is 5.92 Å². The Morgan fingerprint density at radius 2 is 1.45 bits per heavy atom. The normalized spacial score (nSPS) is 18.7. The minimum absolute atomic E-state index is 0.00216. The van der Waals surface area contributed by atoms with Gasteiger partial charge in [-0.1, -0.05) is 0 Å². The molecule has 9 nitrogen and oxygen atoms in total. The molecule has 1 aromatic carbocycles. The van der Waals surface area contributed by atoms with Gasteiger partial charge in [0.1, 0.15) is 5.57 Å². The monoisotopic (exact) mass is 400 g/mol. The number of cyclic esters (lactones) is 1. The average Bonchev–Trinajstić information content (AvgIpc) is 3.09. The summed E-state index contributed by atoms with van der Waals surface area (Å²) >= 11 is 0. The first-order valence-electron chi connectivity index (χ1n) is 8.80. The van der Waals surface area contributed by atoms with Gasteiger partial charge in [0.15, 0.2) is 29.0 Å². The largest absolute Gasteiger partial charge is 0.465 e. The summed E-state index contributed by atoms with van der Waals surface area (Å²) in [4.78, 5) is 73.6. The number of hydrogen-bond donors (Lipinski definition) is 0. The summed E-state index contributed by atoms with van der Waals surface area (Å²) in [6.45, 7) is 4.16. The fraction of sp³-hybridized carbons (Fsp3) is 0.300. The Morgan fingerprint density at radius 1 is 0.897 bits per heavy atom. The molecular formula is C20H16O9. The maximum Gasteiger partial charge on any atom is 0.345 e. The van der Waals surface area contributed by atoms with Crippen LogP contribution in [-0.4, -0.2) is 48.5 Å². The smallest absolute Gasteiger partial charge is 0.345 e. The standard InChI is InChI=1S/C20H16O9/c1-4-27-19(25)13(8(3)21)17-11-6-9-10(7-12(11)18(24)29-17)16(23)14(15(9)22)20(26)28-5-2/h6-7,14H,4-5H2,1-3H3. The van der Waals surface area contributed by atoms with Crippen molar-refractivity contribution < 1.29 is 43.0 Å². The lowest BCUT2D eigenvalue weighted by Gasteiger charge is -2.08. The van der Waals surface area contributed by atoms with Gasteiger partial charge in [0.25, 0.3) is 0 Å². The van der Waals surface area contributed by atoms with E-state index in [0.29, 0.717) is 0 Å². The average molecular weight is 400 g/mol. The van der Waals surface area contributed by atoms with E-state index in [9.17, 15) is 28.8 Å². The number of carbonyl (C=O) groups excluding carboxylic acids is 6. The van der Waals surface area contributed by atoms with Crippen molar-refractivity contribution in [3.05, 3.63) is 40.0 Å². The van der Waals surface area contributed by atoms with Gasteiger partial charge in [-0.2, -0.15) is 0 Å². The summed E-state index contributed by atoms with van der Waals surface area (Å²) in [5.74, 6) is -7.13. The number of rotatable bonds is 5. The molecule has 0 amide bonds. The molecule has 3 rings (SSSR count). The van der Waals surface area contributed by atoms with Crippen LogP contribution in [0, 0.1) is 5.92 Å². The SMILES string of the molecule is CCOC(=O)C(C(C)=O)=C1OC(=O)c2cc3c(cc21)C(=O)C(C(=O)OCC)C3=O. The Bertz CT molecular complexity index is 1030. The number of esters is 3. The Balaban J connectivity index is 2.17. The zero-order chi connectivity index (χ0) is 21.5. The highest BCUT2D eigenvalue weighted by Crippen LogP contribution is 2.38. The van der Waals surface area contributed by atoms with Gasteiger partial charge in [-0.15, -0.1) is 0 Å². The molecule has 1 aromatic rings. The van der Waals surface area contributed by atoms with E-state index in [2.05, 4.69) is 0 Å².